The Hall–Kier alpha value is -2.48. The molecule has 1 aliphatic carbocycles. The maximum Gasteiger partial charge on any atom is 0.324 e. The van der Waals surface area contributed by atoms with E-state index in [1.54, 1.807) is 19.2 Å². The summed E-state index contributed by atoms with van der Waals surface area (Å²) >= 11 is 0. The number of amides is 2. The third-order valence-corrected chi connectivity index (χ3v) is 3.96. The van der Waals surface area contributed by atoms with Crippen LogP contribution < -0.4 is 5.32 Å². The fourth-order valence-electron chi connectivity index (χ4n) is 2.44. The molecule has 1 saturated carbocycles. The number of urea groups is 1. The van der Waals surface area contributed by atoms with Crippen molar-refractivity contribution in [2.45, 2.75) is 25.5 Å². The van der Waals surface area contributed by atoms with Crippen LogP contribution in [0.3, 0.4) is 0 Å². The lowest BCUT2D eigenvalue weighted by Gasteiger charge is -2.20. The van der Waals surface area contributed by atoms with E-state index in [1.807, 2.05) is 0 Å². The Morgan fingerprint density at radius 3 is 3.04 bits per heavy atom. The number of rotatable bonds is 6. The van der Waals surface area contributed by atoms with E-state index in [-0.39, 0.29) is 24.3 Å². The van der Waals surface area contributed by atoms with Crippen LogP contribution in [0.5, 0.6) is 0 Å². The molecule has 3 rings (SSSR count). The van der Waals surface area contributed by atoms with Crippen LogP contribution >= 0.6 is 0 Å². The molecule has 2 aromatic rings. The highest BCUT2D eigenvalue weighted by Crippen LogP contribution is 2.32. The third-order valence-electron chi connectivity index (χ3n) is 3.96. The maximum atomic E-state index is 13.2. The average molecular weight is 333 g/mol. The number of benzene rings is 1. The lowest BCUT2D eigenvalue weighted by Crippen LogP contribution is -2.38. The standard InChI is InChI=1S/C16H20FN5O2/c1-21(9-14(23)12-5-6-12)16(24)19-15-18-10-22(20-15)8-11-3-2-4-13(17)7-11/h2-4,7,10,12,14,23H,5-6,8-9H2,1H3,(H,19,20,24). The van der Waals surface area contributed by atoms with Gasteiger partial charge in [-0.1, -0.05) is 12.1 Å². The van der Waals surface area contributed by atoms with E-state index in [0.29, 0.717) is 12.5 Å². The number of nitrogens with one attached hydrogen (secondary N) is 1. The highest BCUT2D eigenvalue weighted by Gasteiger charge is 2.31. The van der Waals surface area contributed by atoms with Gasteiger partial charge in [0, 0.05) is 13.6 Å². The van der Waals surface area contributed by atoms with Crippen molar-refractivity contribution in [2.24, 2.45) is 5.92 Å². The van der Waals surface area contributed by atoms with Gasteiger partial charge in [-0.25, -0.2) is 18.9 Å². The van der Waals surface area contributed by atoms with Crippen molar-refractivity contribution in [3.05, 3.63) is 42.0 Å². The number of carbonyl (C=O) groups is 1. The molecular formula is C16H20FN5O2. The quantitative estimate of drug-likeness (QED) is 0.843. The molecule has 2 N–H and O–H groups in total. The molecule has 7 nitrogen and oxygen atoms in total. The van der Waals surface area contributed by atoms with E-state index in [1.165, 1.54) is 28.0 Å². The summed E-state index contributed by atoms with van der Waals surface area (Å²) in [6, 6.07) is 5.84. The number of carbonyl (C=O) groups excluding carboxylic acids is 1. The van der Waals surface area contributed by atoms with Gasteiger partial charge in [-0.2, -0.15) is 0 Å². The summed E-state index contributed by atoms with van der Waals surface area (Å²) in [5.41, 5.74) is 0.752. The predicted octanol–water partition coefficient (Wildman–Crippen LogP) is 1.70. The van der Waals surface area contributed by atoms with E-state index < -0.39 is 6.10 Å². The highest BCUT2D eigenvalue weighted by atomic mass is 19.1. The first-order valence-electron chi connectivity index (χ1n) is 7.85. The van der Waals surface area contributed by atoms with Crippen LogP contribution in [-0.2, 0) is 6.54 Å². The summed E-state index contributed by atoms with van der Waals surface area (Å²) in [5, 5.41) is 16.6. The zero-order valence-corrected chi connectivity index (χ0v) is 13.4. The van der Waals surface area contributed by atoms with Gasteiger partial charge in [0.2, 0.25) is 5.95 Å². The molecule has 1 fully saturated rings. The van der Waals surface area contributed by atoms with Crippen LogP contribution in [0.25, 0.3) is 0 Å². The Bertz CT molecular complexity index is 716. The zero-order chi connectivity index (χ0) is 17.1. The Kier molecular flexibility index (Phi) is 4.75. The number of hydrogen-bond donors (Lipinski definition) is 2. The lowest BCUT2D eigenvalue weighted by molar-refractivity contribution is 0.117. The van der Waals surface area contributed by atoms with Gasteiger partial charge in [0.1, 0.15) is 12.1 Å². The van der Waals surface area contributed by atoms with E-state index in [9.17, 15) is 14.3 Å². The second kappa shape index (κ2) is 6.96. The number of aliphatic hydroxyl groups excluding tert-OH is 1. The topological polar surface area (TPSA) is 83.3 Å². The summed E-state index contributed by atoms with van der Waals surface area (Å²) in [6.45, 7) is 0.636. The first-order chi connectivity index (χ1) is 11.5. The molecule has 1 aromatic carbocycles. The molecule has 1 heterocycles. The monoisotopic (exact) mass is 333 g/mol. The van der Waals surface area contributed by atoms with E-state index >= 15 is 0 Å². The first-order valence-corrected chi connectivity index (χ1v) is 7.85. The van der Waals surface area contributed by atoms with Crippen molar-refractivity contribution in [2.75, 3.05) is 18.9 Å². The number of anilines is 1. The lowest BCUT2D eigenvalue weighted by atomic mass is 10.2. The Labute approximate surface area is 139 Å². The molecule has 1 aromatic heterocycles. The molecular weight excluding hydrogens is 313 g/mol. The summed E-state index contributed by atoms with van der Waals surface area (Å²) in [5.74, 6) is 0.171. The molecule has 24 heavy (non-hydrogen) atoms. The molecule has 1 atom stereocenters. The van der Waals surface area contributed by atoms with Crippen LogP contribution in [0.4, 0.5) is 15.1 Å². The van der Waals surface area contributed by atoms with Crippen molar-refractivity contribution >= 4 is 12.0 Å². The molecule has 1 aliphatic rings. The molecule has 0 saturated heterocycles. The minimum atomic E-state index is -0.487. The summed E-state index contributed by atoms with van der Waals surface area (Å²) in [7, 11) is 1.62. The number of halogens is 1. The Morgan fingerprint density at radius 2 is 2.33 bits per heavy atom. The number of aromatic nitrogens is 3. The normalized spacial score (nSPS) is 15.1. The molecule has 0 radical (unpaired) electrons. The largest absolute Gasteiger partial charge is 0.391 e. The van der Waals surface area contributed by atoms with Crippen LogP contribution in [0.2, 0.25) is 0 Å². The van der Waals surface area contributed by atoms with Crippen LogP contribution in [-0.4, -0.2) is 50.5 Å². The minimum Gasteiger partial charge on any atom is -0.391 e. The molecule has 0 bridgehead atoms. The van der Waals surface area contributed by atoms with Crippen molar-refractivity contribution in [1.82, 2.24) is 19.7 Å². The molecule has 128 valence electrons. The summed E-state index contributed by atoms with van der Waals surface area (Å²) < 4.78 is 14.7. The second-order valence-corrected chi connectivity index (χ2v) is 6.11. The van der Waals surface area contributed by atoms with Gasteiger partial charge in [0.25, 0.3) is 0 Å². The SMILES string of the molecule is CN(CC(O)C1CC1)C(=O)Nc1ncn(Cc2cccc(F)c2)n1. The fourth-order valence-corrected chi connectivity index (χ4v) is 2.44. The van der Waals surface area contributed by atoms with Crippen LogP contribution in [0.15, 0.2) is 30.6 Å². The van der Waals surface area contributed by atoms with Gasteiger partial charge in [-0.3, -0.25) is 5.32 Å². The number of aliphatic hydroxyl groups is 1. The molecule has 2 amide bonds. The van der Waals surface area contributed by atoms with Crippen LogP contribution in [0, 0.1) is 11.7 Å². The van der Waals surface area contributed by atoms with Gasteiger partial charge >= 0.3 is 6.03 Å². The van der Waals surface area contributed by atoms with Crippen molar-refractivity contribution in [3.8, 4) is 0 Å². The zero-order valence-electron chi connectivity index (χ0n) is 13.4. The number of hydrogen-bond acceptors (Lipinski definition) is 4. The maximum absolute atomic E-state index is 13.2. The Balaban J connectivity index is 1.54. The van der Waals surface area contributed by atoms with Gasteiger partial charge in [0.15, 0.2) is 0 Å². The summed E-state index contributed by atoms with van der Waals surface area (Å²) in [4.78, 5) is 17.5. The van der Waals surface area contributed by atoms with E-state index in [0.717, 1.165) is 18.4 Å². The van der Waals surface area contributed by atoms with Gasteiger partial charge in [-0.15, -0.1) is 5.10 Å². The smallest absolute Gasteiger partial charge is 0.324 e. The highest BCUT2D eigenvalue weighted by molar-refractivity contribution is 5.87. The minimum absolute atomic E-state index is 0.171. The average Bonchev–Trinajstić information content (AvgIpc) is 3.30. The van der Waals surface area contributed by atoms with Crippen molar-refractivity contribution in [3.63, 3.8) is 0 Å². The van der Waals surface area contributed by atoms with Crippen molar-refractivity contribution < 1.29 is 14.3 Å². The molecule has 8 heteroatoms. The number of likely N-dealkylation sites (N-methyl/N-ethyl adjacent to an activating group) is 1. The van der Waals surface area contributed by atoms with Gasteiger partial charge < -0.3 is 10.0 Å². The predicted molar refractivity (Wildman–Crippen MR) is 85.9 cm³/mol. The number of nitrogens with zero attached hydrogens (tertiary/aromatic N) is 4. The molecule has 1 unspecified atom stereocenters. The summed E-state index contributed by atoms with van der Waals surface area (Å²) in [6.07, 6.45) is 3.02. The van der Waals surface area contributed by atoms with E-state index in [4.69, 9.17) is 0 Å². The molecule has 0 spiro atoms. The van der Waals surface area contributed by atoms with Gasteiger partial charge in [0.05, 0.1) is 12.6 Å². The Morgan fingerprint density at radius 1 is 1.54 bits per heavy atom. The van der Waals surface area contributed by atoms with Gasteiger partial charge in [-0.05, 0) is 36.5 Å². The van der Waals surface area contributed by atoms with Crippen molar-refractivity contribution in [1.29, 1.82) is 0 Å². The van der Waals surface area contributed by atoms with Crippen LogP contribution in [0.1, 0.15) is 18.4 Å². The second-order valence-electron chi connectivity index (χ2n) is 6.11. The first kappa shape index (κ1) is 16.4. The third kappa shape index (κ3) is 4.29. The molecule has 0 aliphatic heterocycles. The van der Waals surface area contributed by atoms with E-state index in [2.05, 4.69) is 15.4 Å². The fraction of sp³-hybridized carbons (Fsp3) is 0.438.